The second kappa shape index (κ2) is 11.2. The second-order valence-electron chi connectivity index (χ2n) is 9.23. The van der Waals surface area contributed by atoms with Gasteiger partial charge in [0, 0.05) is 19.0 Å². The molecule has 0 saturated carbocycles. The van der Waals surface area contributed by atoms with Crippen LogP contribution in [0, 0.1) is 0 Å². The van der Waals surface area contributed by atoms with Gasteiger partial charge in [0.2, 0.25) is 0 Å². The number of hydrogen-bond acceptors (Lipinski definition) is 7. The van der Waals surface area contributed by atoms with Crippen LogP contribution in [0.15, 0.2) is 75.7 Å². The van der Waals surface area contributed by atoms with Crippen LogP contribution in [0.5, 0.6) is 0 Å². The normalized spacial score (nSPS) is 17.2. The molecule has 1 unspecified atom stereocenters. The number of carboxylic acid groups (broad SMARTS) is 1. The Morgan fingerprint density at radius 2 is 1.69 bits per heavy atom. The average Bonchev–Trinajstić information content (AvgIpc) is 3.34. The minimum Gasteiger partial charge on any atom is -0.481 e. The Kier molecular flexibility index (Phi) is 7.96. The molecule has 39 heavy (non-hydrogen) atoms. The van der Waals surface area contributed by atoms with Crippen molar-refractivity contribution in [3.8, 4) is 0 Å². The summed E-state index contributed by atoms with van der Waals surface area (Å²) in [6.45, 7) is 8.80. The fraction of sp³-hybridized carbons (Fsp3) is 0.276. The fourth-order valence-corrected chi connectivity index (χ4v) is 5.81. The van der Waals surface area contributed by atoms with Crippen molar-refractivity contribution < 1.29 is 24.2 Å². The second-order valence-corrected chi connectivity index (χ2v) is 10.2. The van der Waals surface area contributed by atoms with Crippen LogP contribution in [0.25, 0.3) is 5.57 Å². The van der Waals surface area contributed by atoms with Gasteiger partial charge in [0.05, 0.1) is 34.7 Å². The summed E-state index contributed by atoms with van der Waals surface area (Å²) in [6, 6.07) is 16.1. The van der Waals surface area contributed by atoms with Crippen molar-refractivity contribution in [3.63, 3.8) is 0 Å². The number of aromatic nitrogens is 1. The zero-order chi connectivity index (χ0) is 28.4. The Balaban J connectivity index is 0.000000826. The maximum absolute atomic E-state index is 14.0. The Morgan fingerprint density at radius 1 is 1.08 bits per heavy atom. The molecule has 0 saturated heterocycles. The zero-order valence-electron chi connectivity index (χ0n) is 22.3. The molecular formula is C29H29N3O6S. The summed E-state index contributed by atoms with van der Waals surface area (Å²) in [5, 5.41) is 7.42. The van der Waals surface area contributed by atoms with E-state index in [2.05, 4.69) is 4.99 Å². The predicted molar refractivity (Wildman–Crippen MR) is 148 cm³/mol. The van der Waals surface area contributed by atoms with E-state index >= 15 is 0 Å². The smallest absolute Gasteiger partial charge is 0.338 e. The van der Waals surface area contributed by atoms with Crippen LogP contribution in [0.2, 0.25) is 0 Å². The molecule has 0 radical (unpaired) electrons. The molecule has 0 bridgehead atoms. The van der Waals surface area contributed by atoms with Gasteiger partial charge in [-0.15, -0.1) is 0 Å². The fourth-order valence-electron chi connectivity index (χ4n) is 4.67. The van der Waals surface area contributed by atoms with Crippen molar-refractivity contribution in [3.05, 3.63) is 96.7 Å². The number of aliphatic carboxylic acids is 1. The minimum absolute atomic E-state index is 0.203. The van der Waals surface area contributed by atoms with Gasteiger partial charge < -0.3 is 14.7 Å². The summed E-state index contributed by atoms with van der Waals surface area (Å²) < 4.78 is 7.38. The number of thiazole rings is 1. The van der Waals surface area contributed by atoms with Crippen LogP contribution in [-0.2, 0) is 19.1 Å². The number of anilines is 1. The van der Waals surface area contributed by atoms with E-state index in [1.807, 2.05) is 61.5 Å². The summed E-state index contributed by atoms with van der Waals surface area (Å²) in [5.74, 6) is -1.54. The third-order valence-corrected chi connectivity index (χ3v) is 7.20. The van der Waals surface area contributed by atoms with Crippen molar-refractivity contribution in [2.24, 2.45) is 4.99 Å². The molecule has 1 amide bonds. The van der Waals surface area contributed by atoms with E-state index in [0.717, 1.165) is 23.7 Å². The molecule has 0 spiro atoms. The van der Waals surface area contributed by atoms with Gasteiger partial charge in [-0.1, -0.05) is 59.9 Å². The van der Waals surface area contributed by atoms with Crippen LogP contribution in [0.4, 0.5) is 5.69 Å². The van der Waals surface area contributed by atoms with E-state index in [1.54, 1.807) is 25.7 Å². The summed E-state index contributed by atoms with van der Waals surface area (Å²) in [7, 11) is 0. The number of para-hydroxylation sites is 1. The van der Waals surface area contributed by atoms with Crippen molar-refractivity contribution in [2.75, 3.05) is 11.4 Å². The minimum atomic E-state index is -0.833. The van der Waals surface area contributed by atoms with Gasteiger partial charge in [-0.2, -0.15) is 0 Å². The molecule has 5 rings (SSSR count). The molecule has 1 atom stereocenters. The number of likely N-dealkylation sites (N-methyl/N-ethyl adjacent to an activating group) is 1. The summed E-state index contributed by atoms with van der Waals surface area (Å²) in [4.78, 5) is 56.3. The van der Waals surface area contributed by atoms with Gasteiger partial charge in [-0.3, -0.25) is 19.0 Å². The molecule has 0 aliphatic carbocycles. The van der Waals surface area contributed by atoms with E-state index in [4.69, 9.17) is 14.6 Å². The van der Waals surface area contributed by atoms with E-state index < -0.39 is 18.0 Å². The molecule has 202 valence electrons. The highest BCUT2D eigenvalue weighted by atomic mass is 32.1. The molecule has 2 aromatic carbocycles. The molecule has 1 N–H and O–H groups in total. The number of carboxylic acids is 1. The Hall–Kier alpha value is -4.31. The van der Waals surface area contributed by atoms with Crippen LogP contribution in [0.1, 0.15) is 51.8 Å². The highest BCUT2D eigenvalue weighted by Gasteiger charge is 2.37. The molecular weight excluding hydrogens is 518 g/mol. The molecule has 0 fully saturated rings. The number of ether oxygens (including phenoxy) is 1. The molecule has 1 aromatic heterocycles. The lowest BCUT2D eigenvalue weighted by atomic mass is 9.96. The van der Waals surface area contributed by atoms with Gasteiger partial charge in [0.25, 0.3) is 17.4 Å². The number of rotatable bonds is 4. The van der Waals surface area contributed by atoms with E-state index in [-0.39, 0.29) is 17.6 Å². The molecule has 9 nitrogen and oxygen atoms in total. The zero-order valence-corrected chi connectivity index (χ0v) is 23.1. The first-order valence-corrected chi connectivity index (χ1v) is 13.3. The first-order chi connectivity index (χ1) is 18.6. The molecule has 3 heterocycles. The summed E-state index contributed by atoms with van der Waals surface area (Å²) >= 11 is 1.18. The lowest BCUT2D eigenvalue weighted by Crippen LogP contribution is -2.41. The number of carbonyl (C=O) groups is 3. The summed E-state index contributed by atoms with van der Waals surface area (Å²) in [5.41, 5.74) is 3.14. The van der Waals surface area contributed by atoms with Gasteiger partial charge in [0.1, 0.15) is 4.53 Å². The number of hydrogen-bond donors (Lipinski definition) is 1. The number of benzene rings is 2. The first-order valence-electron chi connectivity index (χ1n) is 12.5. The van der Waals surface area contributed by atoms with E-state index in [0.29, 0.717) is 32.7 Å². The van der Waals surface area contributed by atoms with Gasteiger partial charge in [-0.05, 0) is 39.3 Å². The standard InChI is InChI=1S/C27H25N3O4S.C2H4O2/c1-5-29-19-14-10-9-13-18(19)21(24(29)31)23-25(32)30-22(17-11-7-6-8-12-17)20(26(33)34-15(2)3)16(4)28-27(30)35-23;1-2(3)4/h6-15,22H,5H2,1-4H3;1H3,(H,3,4)/b23-21-;. The topological polar surface area (TPSA) is 118 Å². The first kappa shape index (κ1) is 27.7. The highest BCUT2D eigenvalue weighted by Crippen LogP contribution is 2.35. The van der Waals surface area contributed by atoms with Gasteiger partial charge in [-0.25, -0.2) is 9.79 Å². The number of fused-ring (bicyclic) bond motifs is 2. The Bertz CT molecular complexity index is 1660. The van der Waals surface area contributed by atoms with Crippen molar-refractivity contribution >= 4 is 40.4 Å². The number of allylic oxidation sites excluding steroid dienone is 1. The average molecular weight is 548 g/mol. The molecule has 10 heteroatoms. The maximum atomic E-state index is 14.0. The van der Waals surface area contributed by atoms with Crippen LogP contribution in [-0.4, -0.2) is 40.2 Å². The monoisotopic (exact) mass is 547 g/mol. The lowest BCUT2D eigenvalue weighted by molar-refractivity contribution is -0.143. The third-order valence-electron chi connectivity index (χ3n) is 6.14. The highest BCUT2D eigenvalue weighted by molar-refractivity contribution is 7.07. The van der Waals surface area contributed by atoms with E-state index in [9.17, 15) is 14.4 Å². The maximum Gasteiger partial charge on any atom is 0.338 e. The number of amides is 1. The Labute approximate surface area is 229 Å². The SMILES string of the molecule is CC(=O)O.CCN1C(=O)/C(=c2\sc3n(c2=O)C(c2ccccc2)C(C(=O)OC(C)C)=C(C)N=3)c2ccccc21. The summed E-state index contributed by atoms with van der Waals surface area (Å²) in [6.07, 6.45) is -0.321. The quantitative estimate of drug-likeness (QED) is 0.502. The Morgan fingerprint density at radius 3 is 2.31 bits per heavy atom. The van der Waals surface area contributed by atoms with E-state index in [1.165, 1.54) is 15.9 Å². The van der Waals surface area contributed by atoms with Crippen LogP contribution >= 0.6 is 11.3 Å². The van der Waals surface area contributed by atoms with Gasteiger partial charge in [0.15, 0.2) is 4.80 Å². The largest absolute Gasteiger partial charge is 0.481 e. The van der Waals surface area contributed by atoms with Crippen molar-refractivity contribution in [2.45, 2.75) is 46.8 Å². The number of carbonyl (C=O) groups excluding carboxylic acids is 2. The van der Waals surface area contributed by atoms with Crippen LogP contribution in [0.3, 0.4) is 0 Å². The van der Waals surface area contributed by atoms with Crippen LogP contribution < -0.4 is 19.8 Å². The van der Waals surface area contributed by atoms with Crippen molar-refractivity contribution in [1.29, 1.82) is 0 Å². The van der Waals surface area contributed by atoms with Gasteiger partial charge >= 0.3 is 5.97 Å². The predicted octanol–water partition coefficient (Wildman–Crippen LogP) is 3.01. The third kappa shape index (κ3) is 5.20. The molecule has 2 aliphatic heterocycles. The molecule has 3 aromatic rings. The number of nitrogens with zero attached hydrogens (tertiary/aromatic N) is 3. The number of esters is 1. The molecule has 2 aliphatic rings. The lowest BCUT2D eigenvalue weighted by Gasteiger charge is -2.25. The van der Waals surface area contributed by atoms with Crippen molar-refractivity contribution in [1.82, 2.24) is 4.57 Å².